The molecular weight excluding hydrogens is 342 g/mol. The number of hydrogen-bond donors (Lipinski definition) is 2. The molecule has 0 aliphatic carbocycles. The van der Waals surface area contributed by atoms with Crippen LogP contribution in [0, 0.1) is 0 Å². The fraction of sp³-hybridized carbons (Fsp3) is 0.556. The van der Waals surface area contributed by atoms with Crippen LogP contribution < -0.4 is 10.6 Å². The van der Waals surface area contributed by atoms with Crippen LogP contribution in [0.2, 0.25) is 5.02 Å². The molecule has 6 nitrogen and oxygen atoms in total. The maximum Gasteiger partial charge on any atom is 0.409 e. The Morgan fingerprint density at radius 3 is 2.64 bits per heavy atom. The van der Waals surface area contributed by atoms with Gasteiger partial charge in [0.1, 0.15) is 0 Å². The molecular formula is C18H26ClN3O3. The van der Waals surface area contributed by atoms with E-state index in [9.17, 15) is 9.59 Å². The van der Waals surface area contributed by atoms with Gasteiger partial charge in [0, 0.05) is 30.2 Å². The summed E-state index contributed by atoms with van der Waals surface area (Å²) in [4.78, 5) is 25.5. The molecule has 0 bridgehead atoms. The molecule has 0 aromatic heterocycles. The summed E-state index contributed by atoms with van der Waals surface area (Å²) in [6, 6.07) is 7.68. The Morgan fingerprint density at radius 1 is 1.32 bits per heavy atom. The number of halogens is 1. The van der Waals surface area contributed by atoms with Crippen LogP contribution in [0.15, 0.2) is 24.3 Å². The largest absolute Gasteiger partial charge is 0.450 e. The van der Waals surface area contributed by atoms with E-state index in [0.717, 1.165) is 18.4 Å². The van der Waals surface area contributed by atoms with E-state index < -0.39 is 0 Å². The average Bonchev–Trinajstić information content (AvgIpc) is 2.61. The predicted molar refractivity (Wildman–Crippen MR) is 97.6 cm³/mol. The lowest BCUT2D eigenvalue weighted by atomic mass is 10.1. The first-order valence-electron chi connectivity index (χ1n) is 8.70. The van der Waals surface area contributed by atoms with Crippen molar-refractivity contribution < 1.29 is 14.3 Å². The number of ether oxygens (including phenoxy) is 1. The summed E-state index contributed by atoms with van der Waals surface area (Å²) in [6.45, 7) is 5.59. The van der Waals surface area contributed by atoms with Crippen molar-refractivity contribution >= 4 is 23.6 Å². The molecule has 1 fully saturated rings. The zero-order valence-corrected chi connectivity index (χ0v) is 15.5. The number of rotatable bonds is 6. The minimum atomic E-state index is -0.275. The van der Waals surface area contributed by atoms with Crippen LogP contribution >= 0.6 is 11.6 Å². The highest BCUT2D eigenvalue weighted by atomic mass is 35.5. The lowest BCUT2D eigenvalue weighted by molar-refractivity contribution is -0.121. The van der Waals surface area contributed by atoms with Crippen molar-refractivity contribution in [3.05, 3.63) is 34.9 Å². The van der Waals surface area contributed by atoms with Crippen LogP contribution in [0.3, 0.4) is 0 Å². The number of piperidine rings is 1. The third-order valence-electron chi connectivity index (χ3n) is 4.33. The number of amides is 2. The van der Waals surface area contributed by atoms with Gasteiger partial charge in [0.15, 0.2) is 0 Å². The Hall–Kier alpha value is -1.79. The van der Waals surface area contributed by atoms with Crippen molar-refractivity contribution in [2.45, 2.75) is 38.8 Å². The average molecular weight is 368 g/mol. The molecule has 25 heavy (non-hydrogen) atoms. The second-order valence-electron chi connectivity index (χ2n) is 6.15. The van der Waals surface area contributed by atoms with Gasteiger partial charge in [-0.2, -0.15) is 0 Å². The minimum Gasteiger partial charge on any atom is -0.450 e. The van der Waals surface area contributed by atoms with E-state index in [0.29, 0.717) is 24.7 Å². The van der Waals surface area contributed by atoms with Gasteiger partial charge in [-0.05, 0) is 38.3 Å². The molecule has 1 saturated heterocycles. The Bertz CT molecular complexity index is 589. The Labute approximate surface area is 153 Å². The highest BCUT2D eigenvalue weighted by Gasteiger charge is 2.24. The van der Waals surface area contributed by atoms with Gasteiger partial charge in [0.2, 0.25) is 5.91 Å². The van der Waals surface area contributed by atoms with Gasteiger partial charge in [0.05, 0.1) is 13.2 Å². The van der Waals surface area contributed by atoms with Gasteiger partial charge >= 0.3 is 6.09 Å². The van der Waals surface area contributed by atoms with Crippen molar-refractivity contribution in [3.8, 4) is 0 Å². The molecule has 1 heterocycles. The monoisotopic (exact) mass is 367 g/mol. The molecule has 0 saturated carbocycles. The molecule has 0 radical (unpaired) electrons. The second-order valence-corrected chi connectivity index (χ2v) is 6.56. The van der Waals surface area contributed by atoms with Crippen LogP contribution in [-0.2, 0) is 9.53 Å². The van der Waals surface area contributed by atoms with Crippen LogP contribution in [0.4, 0.5) is 4.79 Å². The highest BCUT2D eigenvalue weighted by Crippen LogP contribution is 2.21. The molecule has 0 spiro atoms. The third-order valence-corrected chi connectivity index (χ3v) is 4.67. The van der Waals surface area contributed by atoms with E-state index in [4.69, 9.17) is 16.3 Å². The minimum absolute atomic E-state index is 0.00916. The molecule has 2 amide bonds. The first-order valence-corrected chi connectivity index (χ1v) is 9.08. The number of nitrogens with one attached hydrogen (secondary N) is 2. The van der Waals surface area contributed by atoms with Gasteiger partial charge < -0.3 is 20.3 Å². The van der Waals surface area contributed by atoms with Gasteiger partial charge in [-0.3, -0.25) is 4.79 Å². The standard InChI is InChI=1S/C18H26ClN3O3/c1-3-25-18(24)22-10-8-14(9-11-22)21-17(23)12-20-13(2)15-6-4-5-7-16(15)19/h4-7,13-14,20H,3,8-12H2,1-2H3,(H,21,23)/t13-/m1/s1. The Morgan fingerprint density at radius 2 is 2.00 bits per heavy atom. The van der Waals surface area contributed by atoms with Crippen molar-refractivity contribution in [1.82, 2.24) is 15.5 Å². The second kappa shape index (κ2) is 9.63. The molecule has 1 aliphatic rings. The summed E-state index contributed by atoms with van der Waals surface area (Å²) in [5.41, 5.74) is 0.972. The molecule has 0 unspecified atom stereocenters. The van der Waals surface area contributed by atoms with E-state index in [1.54, 1.807) is 11.8 Å². The molecule has 2 rings (SSSR count). The molecule has 1 aromatic rings. The molecule has 138 valence electrons. The molecule has 7 heteroatoms. The van der Waals surface area contributed by atoms with Crippen molar-refractivity contribution in [2.75, 3.05) is 26.2 Å². The summed E-state index contributed by atoms with van der Waals surface area (Å²) in [6.07, 6.45) is 1.21. The van der Waals surface area contributed by atoms with Crippen molar-refractivity contribution in [2.24, 2.45) is 0 Å². The topological polar surface area (TPSA) is 70.7 Å². The normalized spacial score (nSPS) is 16.4. The summed E-state index contributed by atoms with van der Waals surface area (Å²) < 4.78 is 4.99. The first kappa shape index (κ1) is 19.5. The van der Waals surface area contributed by atoms with Crippen LogP contribution in [0.25, 0.3) is 0 Å². The van der Waals surface area contributed by atoms with Gasteiger partial charge in [-0.1, -0.05) is 29.8 Å². The SMILES string of the molecule is CCOC(=O)N1CCC(NC(=O)CN[C@H](C)c2ccccc2Cl)CC1. The fourth-order valence-electron chi connectivity index (χ4n) is 2.88. The predicted octanol–water partition coefficient (Wildman–Crippen LogP) is 2.73. The number of hydrogen-bond acceptors (Lipinski definition) is 4. The number of nitrogens with zero attached hydrogens (tertiary/aromatic N) is 1. The van der Waals surface area contributed by atoms with Gasteiger partial charge in [-0.15, -0.1) is 0 Å². The lowest BCUT2D eigenvalue weighted by Gasteiger charge is -2.31. The third kappa shape index (κ3) is 5.90. The smallest absolute Gasteiger partial charge is 0.409 e. The van der Waals surface area contributed by atoms with E-state index in [-0.39, 0.29) is 30.6 Å². The summed E-state index contributed by atoms with van der Waals surface area (Å²) in [5.74, 6) is -0.0477. The molecule has 1 atom stereocenters. The van der Waals surface area contributed by atoms with E-state index >= 15 is 0 Å². The van der Waals surface area contributed by atoms with Crippen LogP contribution in [0.5, 0.6) is 0 Å². The van der Waals surface area contributed by atoms with Gasteiger partial charge in [-0.25, -0.2) is 4.79 Å². The van der Waals surface area contributed by atoms with Gasteiger partial charge in [0.25, 0.3) is 0 Å². The number of carbonyl (C=O) groups excluding carboxylic acids is 2. The highest BCUT2D eigenvalue weighted by molar-refractivity contribution is 6.31. The number of benzene rings is 1. The van der Waals surface area contributed by atoms with Crippen molar-refractivity contribution in [1.29, 1.82) is 0 Å². The van der Waals surface area contributed by atoms with Crippen molar-refractivity contribution in [3.63, 3.8) is 0 Å². The maximum absolute atomic E-state index is 12.1. The fourth-order valence-corrected chi connectivity index (χ4v) is 3.18. The summed E-state index contributed by atoms with van der Waals surface area (Å²) in [7, 11) is 0. The summed E-state index contributed by atoms with van der Waals surface area (Å²) in [5, 5.41) is 6.90. The van der Waals surface area contributed by atoms with E-state index in [1.165, 1.54) is 0 Å². The maximum atomic E-state index is 12.1. The number of likely N-dealkylation sites (tertiary alicyclic amines) is 1. The van der Waals surface area contributed by atoms with E-state index in [2.05, 4.69) is 10.6 Å². The Kier molecular flexibility index (Phi) is 7.52. The molecule has 1 aliphatic heterocycles. The lowest BCUT2D eigenvalue weighted by Crippen LogP contribution is -2.48. The van der Waals surface area contributed by atoms with Crippen LogP contribution in [0.1, 0.15) is 38.3 Å². The first-order chi connectivity index (χ1) is 12.0. The van der Waals surface area contributed by atoms with E-state index in [1.807, 2.05) is 31.2 Å². The summed E-state index contributed by atoms with van der Waals surface area (Å²) >= 11 is 6.17. The molecule has 1 aromatic carbocycles. The Balaban J connectivity index is 1.71. The van der Waals surface area contributed by atoms with Crippen LogP contribution in [-0.4, -0.2) is 49.2 Å². The zero-order chi connectivity index (χ0) is 18.2. The molecule has 2 N–H and O–H groups in total. The number of carbonyl (C=O) groups is 2. The zero-order valence-electron chi connectivity index (χ0n) is 14.8. The quantitative estimate of drug-likeness (QED) is 0.811.